The largest absolute Gasteiger partial charge is 0.381 e. The van der Waals surface area contributed by atoms with Gasteiger partial charge in [-0.2, -0.15) is 0 Å². The lowest BCUT2D eigenvalue weighted by Crippen LogP contribution is -2.27. The van der Waals surface area contributed by atoms with Crippen LogP contribution in [-0.4, -0.2) is 41.1 Å². The molecule has 23 heavy (non-hydrogen) atoms. The molecule has 0 aliphatic carbocycles. The topological polar surface area (TPSA) is 43.2 Å². The summed E-state index contributed by atoms with van der Waals surface area (Å²) in [5.74, 6) is 1.55. The Kier molecular flexibility index (Phi) is 4.91. The van der Waals surface area contributed by atoms with Crippen LogP contribution in [0.15, 0.2) is 24.3 Å². The van der Waals surface area contributed by atoms with Gasteiger partial charge in [-0.25, -0.2) is 4.39 Å². The minimum absolute atomic E-state index is 0.269. The molecule has 1 fully saturated rings. The zero-order valence-corrected chi connectivity index (χ0v) is 13.7. The van der Waals surface area contributed by atoms with Crippen LogP contribution in [0.5, 0.6) is 0 Å². The van der Waals surface area contributed by atoms with Crippen LogP contribution in [0.3, 0.4) is 0 Å². The Balaban J connectivity index is 2.03. The highest BCUT2D eigenvalue weighted by Gasteiger charge is 2.24. The van der Waals surface area contributed by atoms with Crippen molar-refractivity contribution in [1.82, 2.24) is 14.8 Å². The molecule has 1 aromatic heterocycles. The van der Waals surface area contributed by atoms with E-state index < -0.39 is 0 Å². The molecular weight excluding hydrogens is 295 g/mol. The average molecular weight is 318 g/mol. The molecule has 124 valence electrons. The van der Waals surface area contributed by atoms with Gasteiger partial charge in [-0.3, -0.25) is 4.57 Å². The van der Waals surface area contributed by atoms with E-state index in [0.717, 1.165) is 45.2 Å². The van der Waals surface area contributed by atoms with Crippen molar-refractivity contribution in [2.24, 2.45) is 5.92 Å². The molecule has 1 aliphatic heterocycles. The van der Waals surface area contributed by atoms with Crippen LogP contribution < -0.4 is 4.90 Å². The minimum atomic E-state index is -0.269. The Morgan fingerprint density at radius 3 is 2.70 bits per heavy atom. The van der Waals surface area contributed by atoms with Crippen LogP contribution in [0.4, 0.5) is 10.3 Å². The van der Waals surface area contributed by atoms with E-state index in [1.54, 1.807) is 12.1 Å². The number of halogens is 1. The third kappa shape index (κ3) is 3.22. The number of rotatable bonds is 6. The molecule has 1 saturated heterocycles. The zero-order chi connectivity index (χ0) is 16.2. The molecule has 1 aliphatic rings. The Morgan fingerprint density at radius 2 is 2.04 bits per heavy atom. The van der Waals surface area contributed by atoms with Crippen molar-refractivity contribution in [3.8, 4) is 11.4 Å². The highest BCUT2D eigenvalue weighted by atomic mass is 19.1. The highest BCUT2D eigenvalue weighted by Crippen LogP contribution is 2.27. The lowest BCUT2D eigenvalue weighted by molar-refractivity contribution is 0.182. The molecule has 6 heteroatoms. The summed E-state index contributed by atoms with van der Waals surface area (Å²) < 4.78 is 21.8. The predicted octanol–water partition coefficient (Wildman–Crippen LogP) is 2.97. The maximum absolute atomic E-state index is 14.2. The van der Waals surface area contributed by atoms with E-state index in [2.05, 4.69) is 28.9 Å². The van der Waals surface area contributed by atoms with Gasteiger partial charge in [0.1, 0.15) is 5.82 Å². The van der Waals surface area contributed by atoms with Gasteiger partial charge in [0.05, 0.1) is 12.2 Å². The van der Waals surface area contributed by atoms with E-state index in [9.17, 15) is 4.39 Å². The Hall–Kier alpha value is -1.95. The van der Waals surface area contributed by atoms with Crippen LogP contribution in [0.1, 0.15) is 20.3 Å². The van der Waals surface area contributed by atoms with Gasteiger partial charge in [0, 0.05) is 32.2 Å². The first-order valence-electron chi connectivity index (χ1n) is 8.25. The highest BCUT2D eigenvalue weighted by molar-refractivity contribution is 5.58. The summed E-state index contributed by atoms with van der Waals surface area (Å²) in [7, 11) is 0. The minimum Gasteiger partial charge on any atom is -0.381 e. The maximum atomic E-state index is 14.2. The van der Waals surface area contributed by atoms with Crippen molar-refractivity contribution in [3.05, 3.63) is 30.1 Å². The van der Waals surface area contributed by atoms with Gasteiger partial charge >= 0.3 is 0 Å². The average Bonchev–Trinajstić information content (AvgIpc) is 3.21. The van der Waals surface area contributed by atoms with Crippen LogP contribution in [0.25, 0.3) is 11.4 Å². The molecule has 2 heterocycles. The van der Waals surface area contributed by atoms with Gasteiger partial charge in [0.15, 0.2) is 5.82 Å². The molecule has 0 N–H and O–H groups in total. The van der Waals surface area contributed by atoms with Crippen LogP contribution >= 0.6 is 0 Å². The molecule has 0 bridgehead atoms. The zero-order valence-electron chi connectivity index (χ0n) is 13.7. The summed E-state index contributed by atoms with van der Waals surface area (Å²) in [6, 6.07) is 6.74. The predicted molar refractivity (Wildman–Crippen MR) is 87.9 cm³/mol. The Morgan fingerprint density at radius 1 is 1.26 bits per heavy atom. The van der Waals surface area contributed by atoms with Crippen LogP contribution in [0.2, 0.25) is 0 Å². The maximum Gasteiger partial charge on any atom is 0.227 e. The first-order chi connectivity index (χ1) is 11.2. The van der Waals surface area contributed by atoms with Gasteiger partial charge in [-0.05, 0) is 32.4 Å². The number of benzene rings is 1. The van der Waals surface area contributed by atoms with E-state index in [4.69, 9.17) is 4.74 Å². The monoisotopic (exact) mass is 318 g/mol. The summed E-state index contributed by atoms with van der Waals surface area (Å²) in [6.07, 6.45) is 1.02. The van der Waals surface area contributed by atoms with Crippen molar-refractivity contribution in [2.45, 2.75) is 26.8 Å². The van der Waals surface area contributed by atoms with E-state index >= 15 is 0 Å². The molecule has 1 unspecified atom stereocenters. The fourth-order valence-corrected chi connectivity index (χ4v) is 3.03. The SMILES string of the molecule is CCN(CC)c1nnc(-c2ccccc2F)n1CC1CCOC1. The van der Waals surface area contributed by atoms with Gasteiger partial charge < -0.3 is 9.64 Å². The molecule has 3 rings (SSSR count). The normalized spacial score (nSPS) is 17.6. The van der Waals surface area contributed by atoms with Gasteiger partial charge in [0.2, 0.25) is 5.95 Å². The molecule has 5 nitrogen and oxygen atoms in total. The number of hydrogen-bond acceptors (Lipinski definition) is 4. The molecule has 1 atom stereocenters. The second-order valence-electron chi connectivity index (χ2n) is 5.82. The molecule has 0 spiro atoms. The third-order valence-electron chi connectivity index (χ3n) is 4.36. The molecule has 0 radical (unpaired) electrons. The molecule has 0 saturated carbocycles. The second-order valence-corrected chi connectivity index (χ2v) is 5.82. The van der Waals surface area contributed by atoms with Crippen molar-refractivity contribution in [3.63, 3.8) is 0 Å². The van der Waals surface area contributed by atoms with Crippen molar-refractivity contribution in [1.29, 1.82) is 0 Å². The van der Waals surface area contributed by atoms with Crippen LogP contribution in [0, 0.1) is 11.7 Å². The Bertz CT molecular complexity index is 648. The summed E-state index contributed by atoms with van der Waals surface area (Å²) in [5, 5.41) is 8.65. The number of nitrogens with zero attached hydrogens (tertiary/aromatic N) is 4. The van der Waals surface area contributed by atoms with E-state index in [1.807, 2.05) is 10.6 Å². The quantitative estimate of drug-likeness (QED) is 0.821. The standard InChI is InChI=1S/C17H23FN4O/c1-3-21(4-2)17-20-19-16(14-7-5-6-8-15(14)18)22(17)11-13-9-10-23-12-13/h5-8,13H,3-4,9-12H2,1-2H3. The second kappa shape index (κ2) is 7.08. The van der Waals surface area contributed by atoms with E-state index in [-0.39, 0.29) is 5.82 Å². The number of ether oxygens (including phenoxy) is 1. The van der Waals surface area contributed by atoms with E-state index in [1.165, 1.54) is 6.07 Å². The first-order valence-corrected chi connectivity index (χ1v) is 8.25. The number of hydrogen-bond donors (Lipinski definition) is 0. The van der Waals surface area contributed by atoms with Gasteiger partial charge in [-0.1, -0.05) is 12.1 Å². The third-order valence-corrected chi connectivity index (χ3v) is 4.36. The lowest BCUT2D eigenvalue weighted by Gasteiger charge is -2.22. The number of anilines is 1. The Labute approximate surface area is 136 Å². The molecule has 2 aromatic rings. The van der Waals surface area contributed by atoms with Crippen molar-refractivity contribution < 1.29 is 9.13 Å². The first kappa shape index (κ1) is 15.9. The van der Waals surface area contributed by atoms with Gasteiger partial charge in [-0.15, -0.1) is 10.2 Å². The summed E-state index contributed by atoms with van der Waals surface area (Å²) >= 11 is 0. The fraction of sp³-hybridized carbons (Fsp3) is 0.529. The fourth-order valence-electron chi connectivity index (χ4n) is 3.03. The van der Waals surface area contributed by atoms with Crippen LogP contribution in [-0.2, 0) is 11.3 Å². The van der Waals surface area contributed by atoms with E-state index in [0.29, 0.717) is 17.3 Å². The smallest absolute Gasteiger partial charge is 0.227 e. The van der Waals surface area contributed by atoms with Gasteiger partial charge in [0.25, 0.3) is 0 Å². The molecule has 0 amide bonds. The molecular formula is C17H23FN4O. The van der Waals surface area contributed by atoms with Crippen molar-refractivity contribution in [2.75, 3.05) is 31.2 Å². The lowest BCUT2D eigenvalue weighted by atomic mass is 10.1. The summed E-state index contributed by atoms with van der Waals surface area (Å²) in [4.78, 5) is 2.15. The summed E-state index contributed by atoms with van der Waals surface area (Å²) in [5.41, 5.74) is 0.498. The number of aromatic nitrogens is 3. The van der Waals surface area contributed by atoms with Crippen molar-refractivity contribution >= 4 is 5.95 Å². The summed E-state index contributed by atoms with van der Waals surface area (Å²) in [6.45, 7) is 8.14. The molecule has 1 aromatic carbocycles.